The number of hydrogen-bond acceptors (Lipinski definition) is 4. The van der Waals surface area contributed by atoms with Gasteiger partial charge in [-0.15, -0.1) is 0 Å². The van der Waals surface area contributed by atoms with Crippen LogP contribution in [-0.4, -0.2) is 28.0 Å². The number of aryl methyl sites for hydroxylation is 2. The first-order valence-corrected chi connectivity index (χ1v) is 11.3. The lowest BCUT2D eigenvalue weighted by atomic mass is 9.91. The van der Waals surface area contributed by atoms with E-state index in [2.05, 4.69) is 36.3 Å². The molecule has 32 heavy (non-hydrogen) atoms. The third-order valence-electron chi connectivity index (χ3n) is 5.94. The summed E-state index contributed by atoms with van der Waals surface area (Å²) in [5, 5.41) is 5.41. The summed E-state index contributed by atoms with van der Waals surface area (Å²) in [7, 11) is 0. The van der Waals surface area contributed by atoms with E-state index in [0.29, 0.717) is 10.8 Å². The molecular weight excluding hydrogens is 420 g/mol. The first-order chi connectivity index (χ1) is 15.4. The smallest absolute Gasteiger partial charge is 0.186 e. The predicted octanol–water partition coefficient (Wildman–Crippen LogP) is 5.07. The van der Waals surface area contributed by atoms with E-state index in [9.17, 15) is 0 Å². The molecule has 1 saturated carbocycles. The Balaban J connectivity index is 1.67. The summed E-state index contributed by atoms with van der Waals surface area (Å²) >= 11 is 5.99. The molecular formula is C25H29ClN6. The topological polar surface area (TPSA) is 102 Å². The first-order valence-electron chi connectivity index (χ1n) is 11.0. The molecule has 0 bridgehead atoms. The first kappa shape index (κ1) is 22.1. The molecule has 7 heteroatoms. The van der Waals surface area contributed by atoms with Crippen molar-refractivity contribution in [1.29, 1.82) is 0 Å². The average Bonchev–Trinajstić information content (AvgIpc) is 2.74. The second-order valence-electron chi connectivity index (χ2n) is 8.48. The molecule has 1 fully saturated rings. The molecule has 1 aliphatic carbocycles. The van der Waals surface area contributed by atoms with E-state index in [1.807, 2.05) is 36.4 Å². The Hall–Kier alpha value is -3.12. The third-order valence-corrected chi connectivity index (χ3v) is 6.19. The monoisotopic (exact) mass is 448 g/mol. The minimum Gasteiger partial charge on any atom is -0.370 e. The lowest BCUT2D eigenvalue weighted by Gasteiger charge is -2.28. The van der Waals surface area contributed by atoms with Crippen LogP contribution < -0.4 is 16.8 Å². The van der Waals surface area contributed by atoms with Gasteiger partial charge in [-0.05, 0) is 86.6 Å². The molecule has 1 aromatic heterocycles. The van der Waals surface area contributed by atoms with Gasteiger partial charge in [-0.2, -0.15) is 0 Å². The van der Waals surface area contributed by atoms with Crippen molar-refractivity contribution in [1.82, 2.24) is 9.97 Å². The Morgan fingerprint density at radius 3 is 2.56 bits per heavy atom. The maximum absolute atomic E-state index is 5.99. The number of fused-ring (bicyclic) bond motifs is 1. The van der Waals surface area contributed by atoms with Crippen molar-refractivity contribution in [3.05, 3.63) is 63.9 Å². The van der Waals surface area contributed by atoms with Crippen LogP contribution in [0.25, 0.3) is 23.1 Å². The molecule has 166 valence electrons. The van der Waals surface area contributed by atoms with Gasteiger partial charge in [-0.3, -0.25) is 4.99 Å². The highest BCUT2D eigenvalue weighted by molar-refractivity contribution is 6.30. The van der Waals surface area contributed by atoms with Crippen molar-refractivity contribution in [3.63, 3.8) is 0 Å². The highest BCUT2D eigenvalue weighted by atomic mass is 35.5. The van der Waals surface area contributed by atoms with E-state index in [1.54, 1.807) is 0 Å². The van der Waals surface area contributed by atoms with Crippen LogP contribution in [0.1, 0.15) is 48.2 Å². The molecule has 6 nitrogen and oxygen atoms in total. The number of nitrogens with zero attached hydrogens (tertiary/aromatic N) is 3. The summed E-state index contributed by atoms with van der Waals surface area (Å²) < 4.78 is 0. The van der Waals surface area contributed by atoms with E-state index >= 15 is 0 Å². The van der Waals surface area contributed by atoms with E-state index < -0.39 is 0 Å². The maximum atomic E-state index is 5.99. The predicted molar refractivity (Wildman–Crippen MR) is 135 cm³/mol. The van der Waals surface area contributed by atoms with Crippen LogP contribution in [0, 0.1) is 13.8 Å². The number of rotatable bonds is 5. The number of anilines is 1. The zero-order valence-electron chi connectivity index (χ0n) is 18.5. The van der Waals surface area contributed by atoms with Gasteiger partial charge in [0.15, 0.2) is 11.8 Å². The summed E-state index contributed by atoms with van der Waals surface area (Å²) in [6.45, 7) is 4.22. The van der Waals surface area contributed by atoms with Crippen molar-refractivity contribution >= 4 is 46.4 Å². The molecule has 0 radical (unpaired) electrons. The summed E-state index contributed by atoms with van der Waals surface area (Å²) in [5.41, 5.74) is 15.6. The Bertz CT molecular complexity index is 1170. The lowest BCUT2D eigenvalue weighted by Crippen LogP contribution is -2.33. The summed E-state index contributed by atoms with van der Waals surface area (Å²) in [6.07, 6.45) is 7.95. The molecule has 5 N–H and O–H groups in total. The van der Waals surface area contributed by atoms with E-state index in [1.165, 1.54) is 11.1 Å². The van der Waals surface area contributed by atoms with Crippen molar-refractivity contribution in [2.45, 2.75) is 51.6 Å². The fraction of sp³-hybridized carbons (Fsp3) is 0.320. The lowest BCUT2D eigenvalue weighted by molar-refractivity contribution is 0.410. The number of hydrogen-bond donors (Lipinski definition) is 3. The van der Waals surface area contributed by atoms with Crippen LogP contribution in [-0.2, 0) is 0 Å². The summed E-state index contributed by atoms with van der Waals surface area (Å²) in [5.74, 6) is 1.67. The minimum absolute atomic E-state index is 0.146. The Labute approximate surface area is 193 Å². The summed E-state index contributed by atoms with van der Waals surface area (Å²) in [6, 6.07) is 12.4. The molecule has 0 aliphatic heterocycles. The Morgan fingerprint density at radius 2 is 1.81 bits per heavy atom. The van der Waals surface area contributed by atoms with Crippen molar-refractivity contribution < 1.29 is 0 Å². The normalized spacial score (nSPS) is 18.7. The standard InChI is InChI=1S/C25H29ClN6/c1-15-12-21-22(13-16(15)2)31-23(11-8-17-6-9-18(26)10-7-17)32-24(21)29-19-4-3-5-20(14-19)30-25(27)28/h6-13,19-20H,3-5,14H2,1-2H3,(H4,27,28,30)(H,29,31,32)/b11-8-. The molecule has 0 amide bonds. The van der Waals surface area contributed by atoms with Crippen LogP contribution >= 0.6 is 11.6 Å². The number of guanidine groups is 1. The van der Waals surface area contributed by atoms with Gasteiger partial charge in [0, 0.05) is 16.5 Å². The van der Waals surface area contributed by atoms with Gasteiger partial charge in [0.05, 0.1) is 11.6 Å². The Kier molecular flexibility index (Phi) is 6.61. The van der Waals surface area contributed by atoms with Crippen molar-refractivity contribution in [3.8, 4) is 0 Å². The SMILES string of the molecule is Cc1cc2nc(/C=C\c3ccc(Cl)cc3)nc(NC3CCCC(N=C(N)N)C3)c2cc1C. The number of benzene rings is 2. The van der Waals surface area contributed by atoms with Gasteiger partial charge >= 0.3 is 0 Å². The maximum Gasteiger partial charge on any atom is 0.186 e. The fourth-order valence-corrected chi connectivity index (χ4v) is 4.28. The number of aliphatic imine (C=N–C) groups is 1. The zero-order valence-corrected chi connectivity index (χ0v) is 19.2. The zero-order chi connectivity index (χ0) is 22.7. The molecule has 1 aliphatic rings. The van der Waals surface area contributed by atoms with Crippen LogP contribution in [0.2, 0.25) is 5.02 Å². The number of nitrogens with one attached hydrogen (secondary N) is 1. The van der Waals surface area contributed by atoms with Crippen LogP contribution in [0.15, 0.2) is 41.4 Å². The van der Waals surface area contributed by atoms with Crippen molar-refractivity contribution in [2.75, 3.05) is 5.32 Å². The molecule has 3 aromatic rings. The summed E-state index contributed by atoms with van der Waals surface area (Å²) in [4.78, 5) is 14.0. The van der Waals surface area contributed by atoms with Gasteiger partial charge in [-0.1, -0.05) is 29.8 Å². The molecule has 2 aromatic carbocycles. The van der Waals surface area contributed by atoms with Gasteiger partial charge < -0.3 is 16.8 Å². The van der Waals surface area contributed by atoms with E-state index in [0.717, 1.165) is 48.0 Å². The number of aromatic nitrogens is 2. The van der Waals surface area contributed by atoms with Crippen LogP contribution in [0.5, 0.6) is 0 Å². The Morgan fingerprint density at radius 1 is 1.06 bits per heavy atom. The third kappa shape index (κ3) is 5.37. The quantitative estimate of drug-likeness (QED) is 0.373. The highest BCUT2D eigenvalue weighted by Gasteiger charge is 2.23. The molecule has 2 atom stereocenters. The van der Waals surface area contributed by atoms with Gasteiger partial charge in [-0.25, -0.2) is 9.97 Å². The average molecular weight is 449 g/mol. The second kappa shape index (κ2) is 9.57. The van der Waals surface area contributed by atoms with Gasteiger partial charge in [0.2, 0.25) is 0 Å². The highest BCUT2D eigenvalue weighted by Crippen LogP contribution is 2.29. The van der Waals surface area contributed by atoms with Crippen LogP contribution in [0.4, 0.5) is 5.82 Å². The van der Waals surface area contributed by atoms with Gasteiger partial charge in [0.25, 0.3) is 0 Å². The molecule has 2 unspecified atom stereocenters. The number of nitrogens with two attached hydrogens (primary N) is 2. The van der Waals surface area contributed by atoms with E-state index in [-0.39, 0.29) is 18.0 Å². The van der Waals surface area contributed by atoms with Crippen LogP contribution in [0.3, 0.4) is 0 Å². The van der Waals surface area contributed by atoms with E-state index in [4.69, 9.17) is 33.0 Å². The van der Waals surface area contributed by atoms with Crippen molar-refractivity contribution in [2.24, 2.45) is 16.5 Å². The molecule has 1 heterocycles. The molecule has 0 spiro atoms. The largest absolute Gasteiger partial charge is 0.370 e. The number of halogens is 1. The molecule has 0 saturated heterocycles. The minimum atomic E-state index is 0.146. The fourth-order valence-electron chi connectivity index (χ4n) is 4.15. The molecule has 4 rings (SSSR count). The van der Waals surface area contributed by atoms with Gasteiger partial charge in [0.1, 0.15) is 5.82 Å². The second-order valence-corrected chi connectivity index (χ2v) is 8.92.